The number of β-amino-alcohol motifs (C(OH)–C–C–N with tert-alkyl or cyclic N) is 1. The largest absolute Gasteiger partial charge is 0.389 e. The number of hydrogen-bond acceptors (Lipinski definition) is 4. The van der Waals surface area contributed by atoms with Gasteiger partial charge < -0.3 is 10.8 Å². The van der Waals surface area contributed by atoms with Gasteiger partial charge in [0.1, 0.15) is 4.99 Å². The summed E-state index contributed by atoms with van der Waals surface area (Å²) in [7, 11) is 0. The summed E-state index contributed by atoms with van der Waals surface area (Å²) in [5.41, 5.74) is 7.35. The van der Waals surface area contributed by atoms with Gasteiger partial charge in [-0.3, -0.25) is 4.90 Å². The summed E-state index contributed by atoms with van der Waals surface area (Å²) in [6.07, 6.45) is 0.696. The van der Waals surface area contributed by atoms with Crippen LogP contribution in [0.2, 0.25) is 0 Å². The van der Waals surface area contributed by atoms with Gasteiger partial charge in [-0.25, -0.2) is 0 Å². The maximum absolute atomic E-state index is 10.4. The predicted molar refractivity (Wildman–Crippen MR) is 94.9 cm³/mol. The van der Waals surface area contributed by atoms with Crippen LogP contribution in [-0.4, -0.2) is 45.1 Å². The summed E-state index contributed by atoms with van der Waals surface area (Å²) in [6.45, 7) is 7.36. The number of aliphatic hydroxyl groups excluding tert-OH is 1. The van der Waals surface area contributed by atoms with Crippen molar-refractivity contribution >= 4 is 29.0 Å². The van der Waals surface area contributed by atoms with Crippen LogP contribution in [0.15, 0.2) is 24.3 Å². The standard InChI is InChI=1S/C16H24N2OS2/c1-16(2)7-8-18(9-10-21-16)11-14(19)12-3-5-13(6-4-12)15(17)20/h3-6,14,19H,7-11H2,1-2H3,(H2,17,20). The first kappa shape index (κ1) is 16.7. The highest BCUT2D eigenvalue weighted by Gasteiger charge is 2.24. The number of nitrogens with two attached hydrogens (primary N) is 1. The first-order valence-corrected chi connectivity index (χ1v) is 8.71. The molecule has 3 N–H and O–H groups in total. The fourth-order valence-electron chi connectivity index (χ4n) is 2.46. The molecule has 0 bridgehead atoms. The fraction of sp³-hybridized carbons (Fsp3) is 0.562. The molecule has 1 fully saturated rings. The Morgan fingerprint density at radius 1 is 1.38 bits per heavy atom. The Balaban J connectivity index is 1.94. The van der Waals surface area contributed by atoms with Crippen molar-refractivity contribution in [2.45, 2.75) is 31.1 Å². The lowest BCUT2D eigenvalue weighted by Gasteiger charge is -2.24. The summed E-state index contributed by atoms with van der Waals surface area (Å²) >= 11 is 6.96. The zero-order valence-corrected chi connectivity index (χ0v) is 14.3. The average molecular weight is 325 g/mol. The molecule has 0 radical (unpaired) electrons. The van der Waals surface area contributed by atoms with Crippen LogP contribution in [-0.2, 0) is 0 Å². The minimum Gasteiger partial charge on any atom is -0.389 e. The van der Waals surface area contributed by atoms with Crippen molar-refractivity contribution in [1.82, 2.24) is 4.90 Å². The number of hydrogen-bond donors (Lipinski definition) is 2. The van der Waals surface area contributed by atoms with E-state index in [-0.39, 0.29) is 0 Å². The molecule has 0 amide bonds. The van der Waals surface area contributed by atoms with Crippen molar-refractivity contribution < 1.29 is 5.11 Å². The van der Waals surface area contributed by atoms with Crippen molar-refractivity contribution in [1.29, 1.82) is 0 Å². The topological polar surface area (TPSA) is 49.5 Å². The molecule has 1 aliphatic heterocycles. The van der Waals surface area contributed by atoms with Gasteiger partial charge in [0.05, 0.1) is 6.10 Å². The van der Waals surface area contributed by atoms with Crippen molar-refractivity contribution in [3.8, 4) is 0 Å². The van der Waals surface area contributed by atoms with Crippen LogP contribution in [0.25, 0.3) is 0 Å². The highest BCUT2D eigenvalue weighted by molar-refractivity contribution is 8.00. The molecule has 1 saturated heterocycles. The minimum atomic E-state index is -0.461. The van der Waals surface area contributed by atoms with E-state index in [1.807, 2.05) is 36.0 Å². The molecule has 0 spiro atoms. The van der Waals surface area contributed by atoms with Gasteiger partial charge in [0, 0.05) is 29.2 Å². The van der Waals surface area contributed by atoms with Gasteiger partial charge in [-0.1, -0.05) is 50.3 Å². The Kier molecular flexibility index (Phi) is 5.66. The van der Waals surface area contributed by atoms with Crippen LogP contribution in [0.5, 0.6) is 0 Å². The second kappa shape index (κ2) is 7.09. The summed E-state index contributed by atoms with van der Waals surface area (Å²) in [5.74, 6) is 1.13. The Morgan fingerprint density at radius 2 is 2.05 bits per heavy atom. The molecule has 1 heterocycles. The molecule has 1 aromatic rings. The summed E-state index contributed by atoms with van der Waals surface area (Å²) in [5, 5.41) is 10.4. The molecule has 0 aliphatic carbocycles. The van der Waals surface area contributed by atoms with Gasteiger partial charge in [-0.2, -0.15) is 11.8 Å². The third-order valence-corrected chi connectivity index (χ3v) is 5.55. The predicted octanol–water partition coefficient (Wildman–Crippen LogP) is 2.57. The molecule has 1 aromatic carbocycles. The zero-order valence-electron chi connectivity index (χ0n) is 12.7. The first-order valence-electron chi connectivity index (χ1n) is 7.31. The molecule has 5 heteroatoms. The van der Waals surface area contributed by atoms with E-state index < -0.39 is 6.10 Å². The molecular formula is C16H24N2OS2. The normalized spacial score (nSPS) is 20.7. The summed E-state index contributed by atoms with van der Waals surface area (Å²) < 4.78 is 0.345. The Labute approximate surface area is 136 Å². The highest BCUT2D eigenvalue weighted by atomic mass is 32.2. The molecule has 21 heavy (non-hydrogen) atoms. The third-order valence-electron chi connectivity index (χ3n) is 3.94. The van der Waals surface area contributed by atoms with Crippen LogP contribution < -0.4 is 5.73 Å². The quantitative estimate of drug-likeness (QED) is 0.834. The van der Waals surface area contributed by atoms with E-state index in [0.29, 0.717) is 16.3 Å². The van der Waals surface area contributed by atoms with Gasteiger partial charge in [-0.05, 0) is 18.5 Å². The smallest absolute Gasteiger partial charge is 0.103 e. The number of benzene rings is 1. The van der Waals surface area contributed by atoms with Gasteiger partial charge in [0.25, 0.3) is 0 Å². The number of thiocarbonyl (C=S) groups is 1. The van der Waals surface area contributed by atoms with Crippen molar-refractivity contribution in [3.05, 3.63) is 35.4 Å². The van der Waals surface area contributed by atoms with E-state index in [0.717, 1.165) is 36.4 Å². The van der Waals surface area contributed by atoms with E-state index in [9.17, 15) is 5.11 Å². The Hall–Kier alpha value is -0.620. The first-order chi connectivity index (χ1) is 9.87. The highest BCUT2D eigenvalue weighted by Crippen LogP contribution is 2.31. The third kappa shape index (κ3) is 4.95. The van der Waals surface area contributed by atoms with Gasteiger partial charge >= 0.3 is 0 Å². The molecule has 1 atom stereocenters. The van der Waals surface area contributed by atoms with E-state index in [1.54, 1.807) is 0 Å². The monoisotopic (exact) mass is 324 g/mol. The maximum atomic E-state index is 10.4. The van der Waals surface area contributed by atoms with Gasteiger partial charge in [0.15, 0.2) is 0 Å². The molecule has 116 valence electrons. The Morgan fingerprint density at radius 3 is 2.67 bits per heavy atom. The van der Waals surface area contributed by atoms with Crippen LogP contribution in [0.4, 0.5) is 0 Å². The molecule has 2 rings (SSSR count). The van der Waals surface area contributed by atoms with Crippen molar-refractivity contribution in [2.24, 2.45) is 5.73 Å². The lowest BCUT2D eigenvalue weighted by Crippen LogP contribution is -2.31. The van der Waals surface area contributed by atoms with Crippen molar-refractivity contribution in [3.63, 3.8) is 0 Å². The molecule has 3 nitrogen and oxygen atoms in total. The summed E-state index contributed by atoms with van der Waals surface area (Å²) in [6, 6.07) is 7.58. The Bertz CT molecular complexity index is 488. The van der Waals surface area contributed by atoms with Crippen LogP contribution in [0, 0.1) is 0 Å². The van der Waals surface area contributed by atoms with E-state index in [2.05, 4.69) is 18.7 Å². The molecule has 0 saturated carbocycles. The molecule has 1 aliphatic rings. The number of aliphatic hydroxyl groups is 1. The molecular weight excluding hydrogens is 300 g/mol. The lowest BCUT2D eigenvalue weighted by molar-refractivity contribution is 0.116. The van der Waals surface area contributed by atoms with Crippen LogP contribution in [0.1, 0.15) is 37.5 Å². The number of rotatable bonds is 4. The second-order valence-electron chi connectivity index (χ2n) is 6.16. The van der Waals surface area contributed by atoms with E-state index in [4.69, 9.17) is 18.0 Å². The van der Waals surface area contributed by atoms with Gasteiger partial charge in [0.2, 0.25) is 0 Å². The second-order valence-corrected chi connectivity index (χ2v) is 8.40. The SMILES string of the molecule is CC1(C)CCN(CC(O)c2ccc(C(N)=S)cc2)CCS1. The van der Waals surface area contributed by atoms with Crippen LogP contribution >= 0.6 is 24.0 Å². The molecule has 1 unspecified atom stereocenters. The molecule has 0 aromatic heterocycles. The number of thioether (sulfide) groups is 1. The van der Waals surface area contributed by atoms with Crippen molar-refractivity contribution in [2.75, 3.05) is 25.4 Å². The van der Waals surface area contributed by atoms with E-state index >= 15 is 0 Å². The minimum absolute atomic E-state index is 0.345. The fourth-order valence-corrected chi connectivity index (χ4v) is 3.74. The summed E-state index contributed by atoms with van der Waals surface area (Å²) in [4.78, 5) is 2.75. The average Bonchev–Trinajstić information content (AvgIpc) is 2.60. The lowest BCUT2D eigenvalue weighted by atomic mass is 10.1. The maximum Gasteiger partial charge on any atom is 0.103 e. The zero-order chi connectivity index (χ0) is 15.5. The van der Waals surface area contributed by atoms with E-state index in [1.165, 1.54) is 0 Å². The van der Waals surface area contributed by atoms with Crippen LogP contribution in [0.3, 0.4) is 0 Å². The number of nitrogens with zero attached hydrogens (tertiary/aromatic N) is 1. The van der Waals surface area contributed by atoms with Gasteiger partial charge in [-0.15, -0.1) is 0 Å².